The van der Waals surface area contributed by atoms with Crippen LogP contribution in [-0.4, -0.2) is 0 Å². The Morgan fingerprint density at radius 3 is 3.09 bits per heavy atom. The highest BCUT2D eigenvalue weighted by Gasteiger charge is 2.12. The quantitative estimate of drug-likeness (QED) is 0.530. The van der Waals surface area contributed by atoms with Crippen molar-refractivity contribution in [1.82, 2.24) is 0 Å². The van der Waals surface area contributed by atoms with Crippen molar-refractivity contribution in [1.29, 1.82) is 0 Å². The minimum atomic E-state index is -0.0744. The lowest BCUT2D eigenvalue weighted by Crippen LogP contribution is -2.02. The predicted octanol–water partition coefficient (Wildman–Crippen LogP) is 2.59. The van der Waals surface area contributed by atoms with Crippen molar-refractivity contribution in [2.45, 2.75) is 19.3 Å². The molecule has 0 N–H and O–H groups in total. The van der Waals surface area contributed by atoms with Crippen LogP contribution in [0.4, 0.5) is 4.39 Å². The fraction of sp³-hybridized carbons (Fsp3) is 0.300. The monoisotopic (exact) mass is 148 g/mol. The summed E-state index contributed by atoms with van der Waals surface area (Å²) in [5, 5.41) is 0. The van der Waals surface area contributed by atoms with Crippen molar-refractivity contribution in [2.75, 3.05) is 0 Å². The Balaban J connectivity index is 2.49. The summed E-state index contributed by atoms with van der Waals surface area (Å²) in [6.45, 7) is 0. The highest BCUT2D eigenvalue weighted by atomic mass is 19.1. The molecule has 0 bridgehead atoms. The summed E-state index contributed by atoms with van der Waals surface area (Å²) < 4.78 is 13.0. The van der Waals surface area contributed by atoms with Gasteiger partial charge in [0.05, 0.1) is 0 Å². The largest absolute Gasteiger partial charge is 0.207 e. The molecule has 2 radical (unpaired) electrons. The van der Waals surface area contributed by atoms with Gasteiger partial charge in [0.15, 0.2) is 0 Å². The number of halogens is 1. The summed E-state index contributed by atoms with van der Waals surface area (Å²) >= 11 is 0. The van der Waals surface area contributed by atoms with Crippen LogP contribution < -0.4 is 0 Å². The number of hydrogen-bond acceptors (Lipinski definition) is 0. The van der Waals surface area contributed by atoms with Gasteiger partial charge in [-0.3, -0.25) is 0 Å². The van der Waals surface area contributed by atoms with Gasteiger partial charge in [-0.25, -0.2) is 4.39 Å². The van der Waals surface area contributed by atoms with Crippen LogP contribution in [0.15, 0.2) is 18.2 Å². The molecule has 1 heteroatoms. The highest BCUT2D eigenvalue weighted by molar-refractivity contribution is 5.36. The minimum absolute atomic E-state index is 0.0744. The van der Waals surface area contributed by atoms with Gasteiger partial charge in [-0.15, -0.1) is 0 Å². The molecular weight excluding hydrogens is 139 g/mol. The Bertz CT molecular complexity index is 266. The van der Waals surface area contributed by atoms with Crippen molar-refractivity contribution >= 4 is 0 Å². The van der Waals surface area contributed by atoms with Gasteiger partial charge < -0.3 is 0 Å². The van der Waals surface area contributed by atoms with Gasteiger partial charge >= 0.3 is 0 Å². The van der Waals surface area contributed by atoms with E-state index in [0.717, 1.165) is 30.4 Å². The third kappa shape index (κ3) is 1.15. The van der Waals surface area contributed by atoms with Crippen LogP contribution in [0.1, 0.15) is 24.0 Å². The van der Waals surface area contributed by atoms with Crippen LogP contribution in [-0.2, 0) is 6.42 Å². The number of benzene rings is 1. The van der Waals surface area contributed by atoms with E-state index >= 15 is 0 Å². The standard InChI is InChI=1S/C10H9F/c11-10-7-3-5-8-4-1-2-6-9(8)10/h3,5,7H,1-2,6H2. The molecule has 1 aromatic carbocycles. The maximum Gasteiger partial charge on any atom is 0.126 e. The first kappa shape index (κ1) is 6.84. The molecule has 0 fully saturated rings. The highest BCUT2D eigenvalue weighted by Crippen LogP contribution is 2.24. The van der Waals surface area contributed by atoms with Crippen LogP contribution in [0.25, 0.3) is 0 Å². The summed E-state index contributed by atoms with van der Waals surface area (Å²) in [6, 6.07) is 5.19. The number of fused-ring (bicyclic) bond motifs is 1. The Hall–Kier alpha value is -0.850. The zero-order valence-electron chi connectivity index (χ0n) is 6.23. The van der Waals surface area contributed by atoms with Crippen molar-refractivity contribution in [3.05, 3.63) is 41.6 Å². The van der Waals surface area contributed by atoms with E-state index in [1.807, 2.05) is 6.07 Å². The van der Waals surface area contributed by atoms with Crippen molar-refractivity contribution in [3.63, 3.8) is 0 Å². The van der Waals surface area contributed by atoms with Gasteiger partial charge in [0, 0.05) is 6.42 Å². The van der Waals surface area contributed by atoms with Crippen molar-refractivity contribution in [3.8, 4) is 0 Å². The third-order valence-electron chi connectivity index (χ3n) is 2.04. The molecule has 1 aromatic rings. The lowest BCUT2D eigenvalue weighted by atomic mass is 9.91. The first-order valence-electron chi connectivity index (χ1n) is 3.89. The van der Waals surface area contributed by atoms with E-state index in [4.69, 9.17) is 0 Å². The molecule has 0 spiro atoms. The normalized spacial score (nSPS) is 16.1. The molecular formula is C10H9F. The second-order valence-corrected chi connectivity index (χ2v) is 2.80. The Morgan fingerprint density at radius 1 is 1.36 bits per heavy atom. The fourth-order valence-electron chi connectivity index (χ4n) is 1.47. The van der Waals surface area contributed by atoms with Gasteiger partial charge in [-0.2, -0.15) is 0 Å². The first-order valence-corrected chi connectivity index (χ1v) is 3.89. The van der Waals surface area contributed by atoms with E-state index in [1.165, 1.54) is 6.07 Å². The summed E-state index contributed by atoms with van der Waals surface area (Å²) in [4.78, 5) is 0. The number of hydrogen-bond donors (Lipinski definition) is 0. The first-order chi connectivity index (χ1) is 5.38. The molecule has 0 saturated heterocycles. The molecule has 0 saturated carbocycles. The van der Waals surface area contributed by atoms with Gasteiger partial charge in [-0.05, 0) is 36.5 Å². The van der Waals surface area contributed by atoms with E-state index in [1.54, 1.807) is 6.07 Å². The van der Waals surface area contributed by atoms with Gasteiger partial charge in [0.2, 0.25) is 0 Å². The molecule has 0 aliphatic heterocycles. The summed E-state index contributed by atoms with van der Waals surface area (Å²) in [7, 11) is 0. The Morgan fingerprint density at radius 2 is 2.27 bits per heavy atom. The maximum atomic E-state index is 13.0. The third-order valence-corrected chi connectivity index (χ3v) is 2.04. The maximum absolute atomic E-state index is 13.0. The molecule has 0 nitrogen and oxygen atoms in total. The molecule has 56 valence electrons. The lowest BCUT2D eigenvalue weighted by molar-refractivity contribution is 0.595. The minimum Gasteiger partial charge on any atom is -0.207 e. The SMILES string of the molecule is Fc1cccc2c1CCC[C]2. The van der Waals surface area contributed by atoms with Crippen molar-refractivity contribution < 1.29 is 4.39 Å². The van der Waals surface area contributed by atoms with Crippen LogP contribution in [0, 0.1) is 12.2 Å². The van der Waals surface area contributed by atoms with E-state index < -0.39 is 0 Å². The molecule has 0 unspecified atom stereocenters. The molecule has 0 aromatic heterocycles. The van der Waals surface area contributed by atoms with E-state index in [2.05, 4.69) is 6.42 Å². The fourth-order valence-corrected chi connectivity index (χ4v) is 1.47. The summed E-state index contributed by atoms with van der Waals surface area (Å²) in [5.41, 5.74) is 1.81. The second-order valence-electron chi connectivity index (χ2n) is 2.80. The summed E-state index contributed by atoms with van der Waals surface area (Å²) in [6.07, 6.45) is 6.04. The molecule has 1 aliphatic rings. The predicted molar refractivity (Wildman–Crippen MR) is 41.7 cm³/mol. The topological polar surface area (TPSA) is 0 Å². The van der Waals surface area contributed by atoms with Crippen LogP contribution in [0.5, 0.6) is 0 Å². The van der Waals surface area contributed by atoms with E-state index in [0.29, 0.717) is 0 Å². The molecule has 0 heterocycles. The average Bonchev–Trinajstić information content (AvgIpc) is 2.06. The molecule has 0 amide bonds. The van der Waals surface area contributed by atoms with E-state index in [9.17, 15) is 4.39 Å². The Labute approximate surface area is 66.1 Å². The van der Waals surface area contributed by atoms with Gasteiger partial charge in [0.25, 0.3) is 0 Å². The molecule has 2 rings (SSSR count). The Kier molecular flexibility index (Phi) is 1.65. The molecule has 11 heavy (non-hydrogen) atoms. The van der Waals surface area contributed by atoms with Crippen LogP contribution in [0.3, 0.4) is 0 Å². The number of rotatable bonds is 0. The van der Waals surface area contributed by atoms with Crippen LogP contribution >= 0.6 is 0 Å². The van der Waals surface area contributed by atoms with E-state index in [-0.39, 0.29) is 5.82 Å². The molecule has 1 aliphatic carbocycles. The zero-order valence-corrected chi connectivity index (χ0v) is 6.23. The lowest BCUT2D eigenvalue weighted by Gasteiger charge is -2.14. The summed E-state index contributed by atoms with van der Waals surface area (Å²) in [5.74, 6) is -0.0744. The average molecular weight is 148 g/mol. The van der Waals surface area contributed by atoms with Gasteiger partial charge in [-0.1, -0.05) is 12.1 Å². The second kappa shape index (κ2) is 2.65. The van der Waals surface area contributed by atoms with Gasteiger partial charge in [0.1, 0.15) is 5.82 Å². The molecule has 0 atom stereocenters. The van der Waals surface area contributed by atoms with Crippen molar-refractivity contribution in [2.24, 2.45) is 0 Å². The zero-order chi connectivity index (χ0) is 7.68. The van der Waals surface area contributed by atoms with Crippen LogP contribution in [0.2, 0.25) is 0 Å². The smallest absolute Gasteiger partial charge is 0.126 e.